The minimum Gasteiger partial charge on any atom is -0.354 e. The molecule has 5 heteroatoms. The van der Waals surface area contributed by atoms with Crippen molar-refractivity contribution >= 4 is 17.5 Å². The molecule has 2 aromatic rings. The second-order valence-corrected chi connectivity index (χ2v) is 5.18. The van der Waals surface area contributed by atoms with Crippen molar-refractivity contribution in [3.63, 3.8) is 0 Å². The van der Waals surface area contributed by atoms with Gasteiger partial charge in [0.05, 0.1) is 6.20 Å². The zero-order valence-electron chi connectivity index (χ0n) is 12.1. The molecule has 0 spiro atoms. The van der Waals surface area contributed by atoms with Crippen molar-refractivity contribution in [2.45, 2.75) is 26.2 Å². The fraction of sp³-hybridized carbons (Fsp3) is 0.375. The number of hydrogen-bond acceptors (Lipinski definition) is 4. The molecule has 0 saturated carbocycles. The Labute approximate surface area is 124 Å². The number of fused-ring (bicyclic) bond motifs is 1. The topological polar surface area (TPSA) is 41.1 Å². The third-order valence-electron chi connectivity index (χ3n) is 3.62. The molecular formula is C16H19FN4. The number of anilines is 3. The Balaban J connectivity index is 1.97. The summed E-state index contributed by atoms with van der Waals surface area (Å²) in [6.07, 6.45) is 4.25. The highest BCUT2D eigenvalue weighted by Crippen LogP contribution is 2.33. The van der Waals surface area contributed by atoms with Crippen LogP contribution in [-0.2, 0) is 6.42 Å². The van der Waals surface area contributed by atoms with Crippen molar-refractivity contribution in [2.24, 2.45) is 0 Å². The minimum atomic E-state index is -0.381. The summed E-state index contributed by atoms with van der Waals surface area (Å²) in [4.78, 5) is 10.3. The molecule has 4 nitrogen and oxygen atoms in total. The van der Waals surface area contributed by atoms with E-state index in [-0.39, 0.29) is 5.82 Å². The van der Waals surface area contributed by atoms with Gasteiger partial charge in [0.2, 0.25) is 5.95 Å². The second-order valence-electron chi connectivity index (χ2n) is 5.18. The molecule has 0 amide bonds. The maximum atomic E-state index is 14.2. The molecule has 0 aliphatic carbocycles. The highest BCUT2D eigenvalue weighted by Gasteiger charge is 2.22. The van der Waals surface area contributed by atoms with E-state index in [1.54, 1.807) is 0 Å². The van der Waals surface area contributed by atoms with Crippen LogP contribution >= 0.6 is 0 Å². The summed E-state index contributed by atoms with van der Waals surface area (Å²) in [5.41, 5.74) is 2.28. The molecule has 21 heavy (non-hydrogen) atoms. The van der Waals surface area contributed by atoms with E-state index < -0.39 is 0 Å². The SMILES string of the molecule is CCCNc1ncc(F)c(N2CCCc3ccccc32)n1. The summed E-state index contributed by atoms with van der Waals surface area (Å²) < 4.78 is 14.2. The monoisotopic (exact) mass is 286 g/mol. The number of rotatable bonds is 4. The van der Waals surface area contributed by atoms with Gasteiger partial charge in [-0.1, -0.05) is 25.1 Å². The average molecular weight is 286 g/mol. The predicted octanol–water partition coefficient (Wildman–Crippen LogP) is 3.52. The highest BCUT2D eigenvalue weighted by molar-refractivity contribution is 5.66. The standard InChI is InChI=1S/C16H19FN4/c1-2-9-18-16-19-11-13(17)15(20-16)21-10-5-7-12-6-3-4-8-14(12)21/h3-4,6,8,11H,2,5,7,9-10H2,1H3,(H,18,19,20). The number of nitrogens with zero attached hydrogens (tertiary/aromatic N) is 3. The molecular weight excluding hydrogens is 267 g/mol. The molecule has 3 rings (SSSR count). The van der Waals surface area contributed by atoms with Crippen LogP contribution in [0.2, 0.25) is 0 Å². The Morgan fingerprint density at radius 1 is 1.33 bits per heavy atom. The third kappa shape index (κ3) is 2.82. The number of para-hydroxylation sites is 1. The van der Waals surface area contributed by atoms with Crippen LogP contribution in [0.3, 0.4) is 0 Å². The van der Waals surface area contributed by atoms with E-state index in [2.05, 4.69) is 28.3 Å². The zero-order valence-corrected chi connectivity index (χ0v) is 12.1. The van der Waals surface area contributed by atoms with Crippen LogP contribution < -0.4 is 10.2 Å². The summed E-state index contributed by atoms with van der Waals surface area (Å²) in [7, 11) is 0. The predicted molar refractivity (Wildman–Crippen MR) is 82.5 cm³/mol. The molecule has 1 aliphatic heterocycles. The van der Waals surface area contributed by atoms with Crippen molar-refractivity contribution in [1.82, 2.24) is 9.97 Å². The summed E-state index contributed by atoms with van der Waals surface area (Å²) >= 11 is 0. The third-order valence-corrected chi connectivity index (χ3v) is 3.62. The van der Waals surface area contributed by atoms with Gasteiger partial charge in [-0.25, -0.2) is 9.37 Å². The van der Waals surface area contributed by atoms with E-state index in [4.69, 9.17) is 0 Å². The van der Waals surface area contributed by atoms with Gasteiger partial charge in [0.15, 0.2) is 11.6 Å². The fourth-order valence-electron chi connectivity index (χ4n) is 2.62. The van der Waals surface area contributed by atoms with Crippen LogP contribution in [0, 0.1) is 5.82 Å². The summed E-state index contributed by atoms with van der Waals surface area (Å²) in [6, 6.07) is 8.12. The first-order chi connectivity index (χ1) is 10.3. The lowest BCUT2D eigenvalue weighted by Crippen LogP contribution is -2.26. The van der Waals surface area contributed by atoms with Gasteiger partial charge in [-0.05, 0) is 30.9 Å². The van der Waals surface area contributed by atoms with Crippen molar-refractivity contribution in [1.29, 1.82) is 0 Å². The van der Waals surface area contributed by atoms with E-state index in [1.165, 1.54) is 11.8 Å². The lowest BCUT2D eigenvalue weighted by Gasteiger charge is -2.30. The molecule has 1 aliphatic rings. The maximum Gasteiger partial charge on any atom is 0.224 e. The van der Waals surface area contributed by atoms with Gasteiger partial charge in [-0.15, -0.1) is 0 Å². The molecule has 0 fully saturated rings. The number of hydrogen-bond donors (Lipinski definition) is 1. The number of aromatic nitrogens is 2. The van der Waals surface area contributed by atoms with Crippen LogP contribution in [-0.4, -0.2) is 23.1 Å². The molecule has 0 bridgehead atoms. The molecule has 2 heterocycles. The Bertz CT molecular complexity index is 629. The van der Waals surface area contributed by atoms with Gasteiger partial charge < -0.3 is 10.2 Å². The van der Waals surface area contributed by atoms with Crippen LogP contribution in [0.5, 0.6) is 0 Å². The van der Waals surface area contributed by atoms with E-state index in [0.717, 1.165) is 38.0 Å². The first kappa shape index (κ1) is 13.8. The van der Waals surface area contributed by atoms with Crippen molar-refractivity contribution in [2.75, 3.05) is 23.3 Å². The summed E-state index contributed by atoms with van der Waals surface area (Å²) in [5.74, 6) is 0.459. The first-order valence-electron chi connectivity index (χ1n) is 7.41. The van der Waals surface area contributed by atoms with Crippen molar-refractivity contribution in [3.05, 3.63) is 41.8 Å². The lowest BCUT2D eigenvalue weighted by atomic mass is 10.0. The van der Waals surface area contributed by atoms with E-state index >= 15 is 0 Å². The van der Waals surface area contributed by atoms with E-state index in [9.17, 15) is 4.39 Å². The van der Waals surface area contributed by atoms with Gasteiger partial charge in [-0.3, -0.25) is 0 Å². The molecule has 1 aromatic heterocycles. The highest BCUT2D eigenvalue weighted by atomic mass is 19.1. The molecule has 0 atom stereocenters. The fourth-order valence-corrected chi connectivity index (χ4v) is 2.62. The van der Waals surface area contributed by atoms with E-state index in [0.29, 0.717) is 11.8 Å². The largest absolute Gasteiger partial charge is 0.354 e. The zero-order chi connectivity index (χ0) is 14.7. The normalized spacial score (nSPS) is 13.9. The first-order valence-corrected chi connectivity index (χ1v) is 7.41. The molecule has 1 aromatic carbocycles. The van der Waals surface area contributed by atoms with Gasteiger partial charge in [0, 0.05) is 18.8 Å². The summed E-state index contributed by atoms with van der Waals surface area (Å²) in [5, 5.41) is 3.11. The number of benzene rings is 1. The molecule has 0 radical (unpaired) electrons. The molecule has 110 valence electrons. The minimum absolute atomic E-state index is 0.357. The quantitative estimate of drug-likeness (QED) is 0.933. The molecule has 0 saturated heterocycles. The van der Waals surface area contributed by atoms with E-state index in [1.807, 2.05) is 23.1 Å². The summed E-state index contributed by atoms with van der Waals surface area (Å²) in [6.45, 7) is 3.62. The number of nitrogens with one attached hydrogen (secondary N) is 1. The van der Waals surface area contributed by atoms with Crippen LogP contribution in [0.4, 0.5) is 21.8 Å². The average Bonchev–Trinajstić information content (AvgIpc) is 2.54. The van der Waals surface area contributed by atoms with Gasteiger partial charge in [-0.2, -0.15) is 4.98 Å². The van der Waals surface area contributed by atoms with Crippen LogP contribution in [0.25, 0.3) is 0 Å². The van der Waals surface area contributed by atoms with Crippen molar-refractivity contribution in [3.8, 4) is 0 Å². The van der Waals surface area contributed by atoms with Gasteiger partial charge in [0.1, 0.15) is 0 Å². The Kier molecular flexibility index (Phi) is 3.99. The lowest BCUT2D eigenvalue weighted by molar-refractivity contribution is 0.606. The Morgan fingerprint density at radius 2 is 2.19 bits per heavy atom. The Hall–Kier alpha value is -2.17. The van der Waals surface area contributed by atoms with Gasteiger partial charge >= 0.3 is 0 Å². The van der Waals surface area contributed by atoms with Crippen molar-refractivity contribution < 1.29 is 4.39 Å². The van der Waals surface area contributed by atoms with Crippen LogP contribution in [0.15, 0.2) is 30.5 Å². The smallest absolute Gasteiger partial charge is 0.224 e. The number of halogens is 1. The Morgan fingerprint density at radius 3 is 3.05 bits per heavy atom. The number of aryl methyl sites for hydroxylation is 1. The van der Waals surface area contributed by atoms with Gasteiger partial charge in [0.25, 0.3) is 0 Å². The molecule has 1 N–H and O–H groups in total. The van der Waals surface area contributed by atoms with Crippen LogP contribution in [0.1, 0.15) is 25.3 Å². The maximum absolute atomic E-state index is 14.2. The molecule has 0 unspecified atom stereocenters. The second kappa shape index (κ2) is 6.08.